The molecule has 0 saturated carbocycles. The van der Waals surface area contributed by atoms with Gasteiger partial charge in [0.25, 0.3) is 0 Å². The molecule has 0 saturated heterocycles. The third kappa shape index (κ3) is 3.85. The van der Waals surface area contributed by atoms with Gasteiger partial charge < -0.3 is 15.4 Å². The molecule has 1 aromatic carbocycles. The summed E-state index contributed by atoms with van der Waals surface area (Å²) in [4.78, 5) is 2.03. The molecule has 0 fully saturated rings. The molecule has 0 unspecified atom stereocenters. The molecule has 0 amide bonds. The molecule has 0 heterocycles. The van der Waals surface area contributed by atoms with Crippen molar-refractivity contribution in [1.29, 1.82) is 0 Å². The Morgan fingerprint density at radius 3 is 2.75 bits per heavy atom. The van der Waals surface area contributed by atoms with E-state index < -0.39 is 0 Å². The minimum Gasteiger partial charge on any atom is -0.490 e. The van der Waals surface area contributed by atoms with Crippen LogP contribution in [-0.4, -0.2) is 32.2 Å². The van der Waals surface area contributed by atoms with Crippen LogP contribution in [0.1, 0.15) is 6.92 Å². The first-order valence-corrected chi connectivity index (χ1v) is 6.58. The van der Waals surface area contributed by atoms with Gasteiger partial charge in [-0.3, -0.25) is 0 Å². The molecule has 2 N–H and O–H groups in total. The van der Waals surface area contributed by atoms with Crippen LogP contribution >= 0.6 is 11.8 Å². The minimum absolute atomic E-state index is 0.701. The van der Waals surface area contributed by atoms with Crippen molar-refractivity contribution in [3.8, 4) is 5.75 Å². The highest BCUT2D eigenvalue weighted by molar-refractivity contribution is 7.99. The number of thioether (sulfide) groups is 1. The van der Waals surface area contributed by atoms with E-state index in [0.717, 1.165) is 22.9 Å². The second kappa shape index (κ2) is 6.53. The molecule has 3 nitrogen and oxygen atoms in total. The molecular weight excluding hydrogens is 220 g/mol. The van der Waals surface area contributed by atoms with Gasteiger partial charge in [-0.05, 0) is 17.9 Å². The van der Waals surface area contributed by atoms with E-state index in [1.807, 2.05) is 49.0 Å². The Balaban J connectivity index is 2.60. The molecule has 1 aromatic rings. The number of hydrogen-bond donors (Lipinski definition) is 1. The fourth-order valence-corrected chi connectivity index (χ4v) is 1.77. The van der Waals surface area contributed by atoms with Crippen LogP contribution < -0.4 is 15.4 Å². The molecule has 0 atom stereocenters. The number of nitrogen functional groups attached to an aromatic ring is 1. The van der Waals surface area contributed by atoms with Crippen LogP contribution in [0.4, 0.5) is 11.4 Å². The van der Waals surface area contributed by atoms with Crippen molar-refractivity contribution < 1.29 is 4.74 Å². The van der Waals surface area contributed by atoms with Crippen molar-refractivity contribution in [2.45, 2.75) is 6.92 Å². The summed E-state index contributed by atoms with van der Waals surface area (Å²) in [6.07, 6.45) is 0. The summed E-state index contributed by atoms with van der Waals surface area (Å²) >= 11 is 1.87. The number of ether oxygens (including phenoxy) is 1. The minimum atomic E-state index is 0.701. The smallest absolute Gasteiger partial charge is 0.144 e. The second-order valence-corrected chi connectivity index (χ2v) is 5.06. The third-order valence-corrected chi connectivity index (χ3v) is 3.07. The van der Waals surface area contributed by atoms with Gasteiger partial charge in [0, 0.05) is 31.6 Å². The zero-order valence-corrected chi connectivity index (χ0v) is 11.0. The van der Waals surface area contributed by atoms with Crippen LogP contribution in [0.15, 0.2) is 18.2 Å². The molecule has 0 aliphatic heterocycles. The lowest BCUT2D eigenvalue weighted by molar-refractivity contribution is 0.346. The highest BCUT2D eigenvalue weighted by atomic mass is 32.2. The van der Waals surface area contributed by atoms with Gasteiger partial charge in [-0.2, -0.15) is 11.8 Å². The van der Waals surface area contributed by atoms with Gasteiger partial charge in [-0.25, -0.2) is 0 Å². The summed E-state index contributed by atoms with van der Waals surface area (Å²) in [5, 5.41) is 0. The third-order valence-electron chi connectivity index (χ3n) is 2.20. The molecule has 90 valence electrons. The maximum atomic E-state index is 5.85. The zero-order chi connectivity index (χ0) is 12.0. The molecule has 0 radical (unpaired) electrons. The Morgan fingerprint density at radius 2 is 2.12 bits per heavy atom. The lowest BCUT2D eigenvalue weighted by Gasteiger charge is -2.15. The number of anilines is 2. The quantitative estimate of drug-likeness (QED) is 0.612. The average Bonchev–Trinajstić information content (AvgIpc) is 2.26. The summed E-state index contributed by atoms with van der Waals surface area (Å²) in [5.41, 5.74) is 7.66. The molecule has 0 aliphatic carbocycles. The Morgan fingerprint density at radius 1 is 1.38 bits per heavy atom. The monoisotopic (exact) mass is 240 g/mol. The van der Waals surface area contributed by atoms with Gasteiger partial charge in [-0.15, -0.1) is 0 Å². The van der Waals surface area contributed by atoms with E-state index in [4.69, 9.17) is 10.5 Å². The topological polar surface area (TPSA) is 38.5 Å². The van der Waals surface area contributed by atoms with Gasteiger partial charge in [0.15, 0.2) is 0 Å². The van der Waals surface area contributed by atoms with Crippen molar-refractivity contribution in [3.63, 3.8) is 0 Å². The van der Waals surface area contributed by atoms with Crippen LogP contribution in [0.3, 0.4) is 0 Å². The predicted octanol–water partition coefficient (Wildman–Crippen LogP) is 2.47. The van der Waals surface area contributed by atoms with Crippen molar-refractivity contribution in [3.05, 3.63) is 18.2 Å². The first-order valence-electron chi connectivity index (χ1n) is 5.42. The van der Waals surface area contributed by atoms with E-state index >= 15 is 0 Å². The molecule has 16 heavy (non-hydrogen) atoms. The van der Waals surface area contributed by atoms with E-state index in [9.17, 15) is 0 Å². The lowest BCUT2D eigenvalue weighted by Crippen LogP contribution is -2.10. The summed E-state index contributed by atoms with van der Waals surface area (Å²) in [7, 11) is 4.00. The van der Waals surface area contributed by atoms with Crippen LogP contribution in [-0.2, 0) is 0 Å². The van der Waals surface area contributed by atoms with Gasteiger partial charge >= 0.3 is 0 Å². The van der Waals surface area contributed by atoms with E-state index in [1.54, 1.807) is 0 Å². The van der Waals surface area contributed by atoms with E-state index in [0.29, 0.717) is 12.3 Å². The van der Waals surface area contributed by atoms with Crippen LogP contribution in [0.2, 0.25) is 0 Å². The Kier molecular flexibility index (Phi) is 5.32. The zero-order valence-electron chi connectivity index (χ0n) is 10.2. The normalized spacial score (nSPS) is 10.2. The first kappa shape index (κ1) is 13.0. The Bertz CT molecular complexity index is 329. The molecule has 1 rings (SSSR count). The van der Waals surface area contributed by atoms with Crippen LogP contribution in [0, 0.1) is 0 Å². The van der Waals surface area contributed by atoms with Crippen molar-refractivity contribution in [2.75, 3.05) is 42.8 Å². The molecular formula is C12H20N2OS. The fourth-order valence-electron chi connectivity index (χ4n) is 1.28. The Labute approximate surface area is 102 Å². The summed E-state index contributed by atoms with van der Waals surface area (Å²) in [6, 6.07) is 5.85. The van der Waals surface area contributed by atoms with E-state index in [-0.39, 0.29) is 0 Å². The number of benzene rings is 1. The molecule has 4 heteroatoms. The van der Waals surface area contributed by atoms with Crippen LogP contribution in [0.25, 0.3) is 0 Å². The van der Waals surface area contributed by atoms with Crippen molar-refractivity contribution in [2.24, 2.45) is 0 Å². The second-order valence-electron chi connectivity index (χ2n) is 3.66. The first-order chi connectivity index (χ1) is 7.65. The maximum Gasteiger partial charge on any atom is 0.144 e. The largest absolute Gasteiger partial charge is 0.490 e. The standard InChI is InChI=1S/C12H20N2OS/c1-4-16-8-7-15-12-9-10(14(2)3)5-6-11(12)13/h5-6,9H,4,7-8,13H2,1-3H3. The highest BCUT2D eigenvalue weighted by Crippen LogP contribution is 2.26. The van der Waals surface area contributed by atoms with Gasteiger partial charge in [0.05, 0.1) is 12.3 Å². The Hall–Kier alpha value is -1.03. The average molecular weight is 240 g/mol. The number of nitrogens with two attached hydrogens (primary N) is 1. The maximum absolute atomic E-state index is 5.85. The summed E-state index contributed by atoms with van der Waals surface area (Å²) in [6.45, 7) is 2.85. The lowest BCUT2D eigenvalue weighted by atomic mass is 10.2. The molecule has 0 aliphatic rings. The van der Waals surface area contributed by atoms with Crippen LogP contribution in [0.5, 0.6) is 5.75 Å². The number of hydrogen-bond acceptors (Lipinski definition) is 4. The number of rotatable bonds is 6. The van der Waals surface area contributed by atoms with Gasteiger partial charge in [-0.1, -0.05) is 6.92 Å². The fraction of sp³-hybridized carbons (Fsp3) is 0.500. The molecule has 0 aromatic heterocycles. The van der Waals surface area contributed by atoms with Crippen molar-refractivity contribution >= 4 is 23.1 Å². The number of nitrogens with zero attached hydrogens (tertiary/aromatic N) is 1. The van der Waals surface area contributed by atoms with E-state index in [1.165, 1.54) is 0 Å². The van der Waals surface area contributed by atoms with Crippen molar-refractivity contribution in [1.82, 2.24) is 0 Å². The highest BCUT2D eigenvalue weighted by Gasteiger charge is 2.03. The summed E-state index contributed by atoms with van der Waals surface area (Å²) in [5.74, 6) is 2.90. The van der Waals surface area contributed by atoms with Gasteiger partial charge in [0.1, 0.15) is 5.75 Å². The summed E-state index contributed by atoms with van der Waals surface area (Å²) < 4.78 is 5.66. The van der Waals surface area contributed by atoms with Gasteiger partial charge in [0.2, 0.25) is 0 Å². The van der Waals surface area contributed by atoms with E-state index in [2.05, 4.69) is 6.92 Å². The predicted molar refractivity (Wildman–Crippen MR) is 73.7 cm³/mol. The SMILES string of the molecule is CCSCCOc1cc(N(C)C)ccc1N. The molecule has 0 bridgehead atoms. The molecule has 0 spiro atoms.